The van der Waals surface area contributed by atoms with Crippen molar-refractivity contribution in [3.05, 3.63) is 129 Å². The van der Waals surface area contributed by atoms with Crippen molar-refractivity contribution >= 4 is 32.5 Å². The predicted molar refractivity (Wildman–Crippen MR) is 147 cm³/mol. The van der Waals surface area contributed by atoms with Gasteiger partial charge in [-0.3, -0.25) is 0 Å². The zero-order chi connectivity index (χ0) is 26.7. The molecule has 0 radical (unpaired) electrons. The van der Waals surface area contributed by atoms with E-state index in [2.05, 4.69) is 46.3 Å². The van der Waals surface area contributed by atoms with Crippen LogP contribution in [0, 0.1) is 0 Å². The van der Waals surface area contributed by atoms with Crippen LogP contribution in [0.1, 0.15) is 11.8 Å². The normalized spacial score (nSPS) is 21.7. The van der Waals surface area contributed by atoms with Crippen LogP contribution in [0.5, 0.6) is 0 Å². The third-order valence-electron chi connectivity index (χ3n) is 6.99. The van der Waals surface area contributed by atoms with E-state index in [0.717, 1.165) is 17.8 Å². The van der Waals surface area contributed by atoms with Gasteiger partial charge in [-0.1, -0.05) is 0 Å². The first-order valence-corrected chi connectivity index (χ1v) is 16.7. The molecule has 3 aromatic carbocycles. The number of aromatic nitrogens is 2. The molecule has 5 rings (SSSR count). The van der Waals surface area contributed by atoms with Crippen molar-refractivity contribution in [3.8, 4) is 0 Å². The predicted octanol–water partition coefficient (Wildman–Crippen LogP) is -0.129. The third-order valence-corrected chi connectivity index (χ3v) is 16.2. The summed E-state index contributed by atoms with van der Waals surface area (Å²) in [4.78, 5) is 30.0. The molecule has 0 bridgehead atoms. The minimum absolute atomic E-state index is 0.195. The van der Waals surface area contributed by atoms with E-state index in [4.69, 9.17) is 4.74 Å². The maximum atomic E-state index is 12.9. The van der Waals surface area contributed by atoms with E-state index in [9.17, 15) is 24.9 Å². The van der Waals surface area contributed by atoms with Gasteiger partial charge in [0.25, 0.3) is 0 Å². The Labute approximate surface area is 221 Å². The van der Waals surface area contributed by atoms with Gasteiger partial charge in [0, 0.05) is 0 Å². The molecule has 4 atom stereocenters. The fraction of sp³-hybridized carbons (Fsp3) is 0.172. The summed E-state index contributed by atoms with van der Waals surface area (Å²) in [6, 6.07) is 30.6. The number of nitrogens with zero attached hydrogens (tertiary/aromatic N) is 1. The van der Waals surface area contributed by atoms with Gasteiger partial charge >= 0.3 is 222 Å². The van der Waals surface area contributed by atoms with Crippen LogP contribution < -0.4 is 24.4 Å². The summed E-state index contributed by atoms with van der Waals surface area (Å²) in [6.07, 6.45) is -2.09. The van der Waals surface area contributed by atoms with Crippen LogP contribution >= 0.6 is 0 Å². The average molecular weight is 573 g/mol. The van der Waals surface area contributed by atoms with Gasteiger partial charge in [0.05, 0.1) is 0 Å². The second-order valence-electron chi connectivity index (χ2n) is 9.22. The number of aliphatic hydroxyl groups excluding tert-OH is 3. The molecule has 38 heavy (non-hydrogen) atoms. The van der Waals surface area contributed by atoms with Crippen molar-refractivity contribution < 1.29 is 20.1 Å². The van der Waals surface area contributed by atoms with E-state index in [1.165, 1.54) is 6.20 Å². The van der Waals surface area contributed by atoms with E-state index in [1.807, 2.05) is 54.6 Å². The summed E-state index contributed by atoms with van der Waals surface area (Å²) in [6.45, 7) is -0.527. The van der Waals surface area contributed by atoms with Gasteiger partial charge in [0.15, 0.2) is 0 Å². The van der Waals surface area contributed by atoms with Crippen molar-refractivity contribution in [3.63, 3.8) is 0 Å². The van der Waals surface area contributed by atoms with E-state index >= 15 is 0 Å². The molecule has 0 saturated carbocycles. The SMILES string of the molecule is O=c1[nH]c(=O)n([C@@H]2O[C@H](CO)[C@@H](O)[C@H]2O)cc1/C=[CH]/[Ge]([c]1ccccc1)([c]1ccccc1)[c]1ccccc1. The molecular formula is C29H28GeN2O6. The van der Waals surface area contributed by atoms with Gasteiger partial charge in [-0.25, -0.2) is 0 Å². The Balaban J connectivity index is 1.68. The van der Waals surface area contributed by atoms with E-state index in [-0.39, 0.29) is 5.56 Å². The molecule has 4 aromatic rings. The molecule has 0 amide bonds. The Kier molecular flexibility index (Phi) is 7.59. The molecule has 1 aliphatic rings. The summed E-state index contributed by atoms with van der Waals surface area (Å²) >= 11 is -3.52. The van der Waals surface area contributed by atoms with Crippen molar-refractivity contribution in [2.24, 2.45) is 0 Å². The molecule has 0 unspecified atom stereocenters. The van der Waals surface area contributed by atoms with Crippen molar-refractivity contribution in [1.82, 2.24) is 9.55 Å². The number of hydrogen-bond donors (Lipinski definition) is 4. The molecule has 194 valence electrons. The first kappa shape index (κ1) is 26.1. The van der Waals surface area contributed by atoms with Crippen LogP contribution in [0.2, 0.25) is 0 Å². The van der Waals surface area contributed by atoms with Crippen LogP contribution in [0.25, 0.3) is 6.08 Å². The molecule has 1 fully saturated rings. The number of rotatable bonds is 7. The van der Waals surface area contributed by atoms with Gasteiger partial charge in [-0.05, 0) is 0 Å². The number of H-pyrrole nitrogens is 1. The fourth-order valence-electron chi connectivity index (χ4n) is 5.03. The third kappa shape index (κ3) is 4.73. The number of ether oxygens (including phenoxy) is 1. The molecule has 0 aliphatic carbocycles. The van der Waals surface area contributed by atoms with Gasteiger partial charge in [0.2, 0.25) is 0 Å². The Hall–Kier alpha value is -3.54. The van der Waals surface area contributed by atoms with Crippen LogP contribution in [0.4, 0.5) is 0 Å². The zero-order valence-electron chi connectivity index (χ0n) is 20.4. The van der Waals surface area contributed by atoms with Gasteiger partial charge < -0.3 is 0 Å². The van der Waals surface area contributed by atoms with Gasteiger partial charge in [-0.15, -0.1) is 0 Å². The molecule has 1 aliphatic heterocycles. The molecule has 0 spiro atoms. The number of aromatic amines is 1. The molecule has 1 saturated heterocycles. The summed E-state index contributed by atoms with van der Waals surface area (Å²) < 4.78 is 10.1. The van der Waals surface area contributed by atoms with Crippen molar-refractivity contribution in [2.75, 3.05) is 6.61 Å². The summed E-state index contributed by atoms with van der Waals surface area (Å²) in [5.74, 6) is 0. The standard InChI is InChI=1S/C29H28GeN2O6/c33-19-24-25(34)26(35)28(38-24)32-18-20(27(36)31-29(32)37)16-17-30(21-10-4-1-5-11-21,22-12-6-2-7-13-22)23-14-8-3-9-15-23/h1-18,24-26,28,33-35H,19H2,(H,31,36,37)/b17-16+/t24-,25-,26-,28-/m1/s1. The second kappa shape index (κ2) is 11.1. The van der Waals surface area contributed by atoms with Crippen LogP contribution in [0.15, 0.2) is 112 Å². The summed E-state index contributed by atoms with van der Waals surface area (Å²) in [5.41, 5.74) is -1.18. The molecule has 4 N–H and O–H groups in total. The quantitative estimate of drug-likeness (QED) is 0.229. The Morgan fingerprint density at radius 3 is 1.76 bits per heavy atom. The molecule has 9 heteroatoms. The fourth-order valence-corrected chi connectivity index (χ4v) is 13.8. The van der Waals surface area contributed by atoms with E-state index in [0.29, 0.717) is 0 Å². The molecule has 1 aromatic heterocycles. The number of aliphatic hydroxyl groups is 3. The number of benzene rings is 3. The minimum atomic E-state index is -3.52. The van der Waals surface area contributed by atoms with Crippen LogP contribution in [-0.4, -0.2) is 63.1 Å². The Bertz CT molecular complexity index is 1430. The monoisotopic (exact) mass is 574 g/mol. The summed E-state index contributed by atoms with van der Waals surface area (Å²) in [5, 5.41) is 30.1. The zero-order valence-corrected chi connectivity index (χ0v) is 22.5. The van der Waals surface area contributed by atoms with Crippen LogP contribution in [-0.2, 0) is 4.74 Å². The van der Waals surface area contributed by atoms with E-state index in [1.54, 1.807) is 6.08 Å². The molecular weight excluding hydrogens is 545 g/mol. The Morgan fingerprint density at radius 2 is 1.32 bits per heavy atom. The average Bonchev–Trinajstić information content (AvgIpc) is 3.24. The van der Waals surface area contributed by atoms with E-state index < -0.39 is 55.7 Å². The van der Waals surface area contributed by atoms with Gasteiger partial charge in [0.1, 0.15) is 0 Å². The van der Waals surface area contributed by atoms with Crippen LogP contribution in [0.3, 0.4) is 0 Å². The Morgan fingerprint density at radius 1 is 0.816 bits per heavy atom. The maximum absolute atomic E-state index is 12.9. The summed E-state index contributed by atoms with van der Waals surface area (Å²) in [7, 11) is 0. The number of nitrogens with one attached hydrogen (secondary N) is 1. The first-order chi connectivity index (χ1) is 18.5. The second-order valence-corrected chi connectivity index (χ2v) is 16.9. The molecule has 8 nitrogen and oxygen atoms in total. The van der Waals surface area contributed by atoms with Crippen molar-refractivity contribution in [1.29, 1.82) is 0 Å². The van der Waals surface area contributed by atoms with Gasteiger partial charge in [-0.2, -0.15) is 0 Å². The topological polar surface area (TPSA) is 125 Å². The first-order valence-electron chi connectivity index (χ1n) is 12.3. The molecule has 2 heterocycles. The number of hydrogen-bond acceptors (Lipinski definition) is 6. The van der Waals surface area contributed by atoms with Crippen molar-refractivity contribution in [2.45, 2.75) is 24.5 Å².